The van der Waals surface area contributed by atoms with Crippen LogP contribution in [0.15, 0.2) is 23.3 Å². The Morgan fingerprint density at radius 3 is 2.59 bits per heavy atom. The van der Waals surface area contributed by atoms with Crippen LogP contribution >= 0.6 is 0 Å². The molecule has 1 aliphatic heterocycles. The summed E-state index contributed by atoms with van der Waals surface area (Å²) in [6, 6.07) is 0. The molecule has 1 aliphatic rings. The Hall–Kier alpha value is -2.37. The summed E-state index contributed by atoms with van der Waals surface area (Å²) in [7, 11) is 5.17. The van der Waals surface area contributed by atoms with Crippen LogP contribution in [0.1, 0.15) is 24.6 Å². The molecule has 1 amide bonds. The molecule has 0 radical (unpaired) electrons. The van der Waals surface area contributed by atoms with Crippen molar-refractivity contribution in [2.24, 2.45) is 18.1 Å². The fourth-order valence-electron chi connectivity index (χ4n) is 2.56. The first-order chi connectivity index (χ1) is 10.5. The van der Waals surface area contributed by atoms with Crippen LogP contribution in [0.4, 0.5) is 0 Å². The molecule has 0 spiro atoms. The molecule has 0 aromatic carbocycles. The van der Waals surface area contributed by atoms with Gasteiger partial charge in [0.2, 0.25) is 5.88 Å². The lowest BCUT2D eigenvalue weighted by Crippen LogP contribution is -2.23. The van der Waals surface area contributed by atoms with Gasteiger partial charge >= 0.3 is 0 Å². The molecule has 2 heterocycles. The van der Waals surface area contributed by atoms with Crippen LogP contribution in [0.5, 0.6) is 5.88 Å². The normalized spacial score (nSPS) is 18.8. The number of aryl methyl sites for hydroxylation is 2. The van der Waals surface area contributed by atoms with Crippen molar-refractivity contribution in [1.82, 2.24) is 14.8 Å². The Morgan fingerprint density at radius 1 is 1.27 bits per heavy atom. The van der Waals surface area contributed by atoms with Gasteiger partial charge in [-0.2, -0.15) is 10.2 Å². The lowest BCUT2D eigenvalue weighted by atomic mass is 10.0. The molecule has 1 aromatic heterocycles. The van der Waals surface area contributed by atoms with Crippen molar-refractivity contribution in [3.05, 3.63) is 29.5 Å². The van der Waals surface area contributed by atoms with E-state index in [2.05, 4.69) is 10.2 Å². The summed E-state index contributed by atoms with van der Waals surface area (Å²) in [5, 5.41) is 9.89. The van der Waals surface area contributed by atoms with Gasteiger partial charge in [-0.1, -0.05) is 18.2 Å². The summed E-state index contributed by atoms with van der Waals surface area (Å²) < 4.78 is 7.05. The Morgan fingerprint density at radius 2 is 2.00 bits per heavy atom. The average Bonchev–Trinajstić information content (AvgIpc) is 2.87. The number of rotatable bonds is 5. The maximum absolute atomic E-state index is 11.9. The smallest absolute Gasteiger partial charge is 0.251 e. The quantitative estimate of drug-likeness (QED) is 0.783. The predicted octanol–water partition coefficient (Wildman–Crippen LogP) is 2.16. The number of carbonyl (C=O) groups excluding carboxylic acids is 1. The van der Waals surface area contributed by atoms with Gasteiger partial charge in [0.1, 0.15) is 0 Å². The van der Waals surface area contributed by atoms with E-state index in [-0.39, 0.29) is 11.8 Å². The second-order valence-corrected chi connectivity index (χ2v) is 5.31. The number of allylic oxidation sites excluding steroid dienone is 3. The van der Waals surface area contributed by atoms with Crippen molar-refractivity contribution >= 4 is 17.7 Å². The van der Waals surface area contributed by atoms with E-state index >= 15 is 0 Å². The average molecular weight is 302 g/mol. The standard InChI is InChI=1S/C16H22N4O2/c1-11-13(15(21)19(3)17-11)9-7-6-8-10-14-12(2)18-20(4)16(14)22-5/h6-8,10,13H,9H2,1-5H3. The molecular weight excluding hydrogens is 280 g/mol. The first-order valence-electron chi connectivity index (χ1n) is 7.19. The van der Waals surface area contributed by atoms with Gasteiger partial charge in [0, 0.05) is 19.8 Å². The molecule has 0 saturated carbocycles. The molecule has 0 fully saturated rings. The number of aromatic nitrogens is 2. The van der Waals surface area contributed by atoms with Gasteiger partial charge in [0.05, 0.1) is 24.3 Å². The maximum Gasteiger partial charge on any atom is 0.251 e. The first kappa shape index (κ1) is 16.0. The van der Waals surface area contributed by atoms with Crippen molar-refractivity contribution in [2.75, 3.05) is 14.2 Å². The van der Waals surface area contributed by atoms with E-state index in [1.54, 1.807) is 18.8 Å². The fraction of sp³-hybridized carbons (Fsp3) is 0.438. The maximum atomic E-state index is 11.9. The second kappa shape index (κ2) is 6.60. The minimum Gasteiger partial charge on any atom is -0.481 e. The van der Waals surface area contributed by atoms with Gasteiger partial charge in [-0.05, 0) is 26.3 Å². The lowest BCUT2D eigenvalue weighted by Gasteiger charge is -2.06. The van der Waals surface area contributed by atoms with Crippen molar-refractivity contribution < 1.29 is 9.53 Å². The van der Waals surface area contributed by atoms with E-state index in [1.165, 1.54) is 5.01 Å². The molecule has 6 nitrogen and oxygen atoms in total. The van der Waals surface area contributed by atoms with Crippen molar-refractivity contribution in [2.45, 2.75) is 20.3 Å². The lowest BCUT2D eigenvalue weighted by molar-refractivity contribution is -0.130. The highest BCUT2D eigenvalue weighted by molar-refractivity contribution is 6.06. The highest BCUT2D eigenvalue weighted by Crippen LogP contribution is 2.22. The summed E-state index contributed by atoms with van der Waals surface area (Å²) >= 11 is 0. The van der Waals surface area contributed by atoms with Crippen LogP contribution < -0.4 is 4.74 Å². The van der Waals surface area contributed by atoms with Crippen molar-refractivity contribution in [1.29, 1.82) is 0 Å². The number of ether oxygens (including phenoxy) is 1. The summed E-state index contributed by atoms with van der Waals surface area (Å²) in [6.07, 6.45) is 8.47. The van der Waals surface area contributed by atoms with E-state index in [9.17, 15) is 4.79 Å². The largest absolute Gasteiger partial charge is 0.481 e. The number of amides is 1. The Kier molecular flexibility index (Phi) is 4.80. The summed E-state index contributed by atoms with van der Waals surface area (Å²) in [5.41, 5.74) is 2.74. The number of carbonyl (C=O) groups is 1. The highest BCUT2D eigenvalue weighted by Gasteiger charge is 2.29. The zero-order valence-electron chi connectivity index (χ0n) is 13.7. The van der Waals surface area contributed by atoms with Crippen LogP contribution in [0.3, 0.4) is 0 Å². The van der Waals surface area contributed by atoms with Crippen LogP contribution in [0.25, 0.3) is 6.08 Å². The van der Waals surface area contributed by atoms with Crippen molar-refractivity contribution in [3.8, 4) is 5.88 Å². The first-order valence-corrected chi connectivity index (χ1v) is 7.19. The number of hydrazone groups is 1. The molecule has 0 N–H and O–H groups in total. The van der Waals surface area contributed by atoms with E-state index < -0.39 is 0 Å². The summed E-state index contributed by atoms with van der Waals surface area (Å²) in [6.45, 7) is 3.83. The molecule has 1 atom stereocenters. The highest BCUT2D eigenvalue weighted by atomic mass is 16.5. The Bertz CT molecular complexity index is 655. The SMILES string of the molecule is COc1c(C=CC=CCC2C(=O)N(C)N=C2C)c(C)nn1C. The summed E-state index contributed by atoms with van der Waals surface area (Å²) in [5.74, 6) is 0.651. The van der Waals surface area contributed by atoms with Crippen molar-refractivity contribution in [3.63, 3.8) is 0 Å². The summed E-state index contributed by atoms with van der Waals surface area (Å²) in [4.78, 5) is 11.9. The third-order valence-electron chi connectivity index (χ3n) is 3.72. The van der Waals surface area contributed by atoms with Gasteiger partial charge < -0.3 is 4.74 Å². The molecule has 1 unspecified atom stereocenters. The molecule has 6 heteroatoms. The number of hydrogen-bond donors (Lipinski definition) is 0. The van der Waals surface area contributed by atoms with E-state index in [0.717, 1.165) is 22.8 Å². The van der Waals surface area contributed by atoms with Gasteiger partial charge in [0.25, 0.3) is 5.91 Å². The molecule has 118 valence electrons. The Balaban J connectivity index is 1.99. The van der Waals surface area contributed by atoms with Crippen LogP contribution in [-0.4, -0.2) is 40.6 Å². The monoisotopic (exact) mass is 302 g/mol. The minimum absolute atomic E-state index is 0.0518. The molecule has 1 aromatic rings. The predicted molar refractivity (Wildman–Crippen MR) is 86.7 cm³/mol. The third-order valence-corrected chi connectivity index (χ3v) is 3.72. The third kappa shape index (κ3) is 3.10. The molecule has 22 heavy (non-hydrogen) atoms. The minimum atomic E-state index is -0.135. The zero-order valence-corrected chi connectivity index (χ0v) is 13.7. The van der Waals surface area contributed by atoms with Gasteiger partial charge in [-0.25, -0.2) is 9.69 Å². The van der Waals surface area contributed by atoms with Crippen LogP contribution in [-0.2, 0) is 11.8 Å². The van der Waals surface area contributed by atoms with Gasteiger partial charge in [-0.15, -0.1) is 0 Å². The number of hydrogen-bond acceptors (Lipinski definition) is 4. The van der Waals surface area contributed by atoms with E-state index in [0.29, 0.717) is 6.42 Å². The molecule has 2 rings (SSSR count). The molecule has 0 bridgehead atoms. The zero-order chi connectivity index (χ0) is 16.3. The van der Waals surface area contributed by atoms with Crippen LogP contribution in [0.2, 0.25) is 0 Å². The number of methoxy groups -OCH3 is 1. The van der Waals surface area contributed by atoms with Gasteiger partial charge in [0.15, 0.2) is 0 Å². The topological polar surface area (TPSA) is 59.7 Å². The fourth-order valence-corrected chi connectivity index (χ4v) is 2.56. The van der Waals surface area contributed by atoms with E-state index in [4.69, 9.17) is 4.74 Å². The number of nitrogens with zero attached hydrogens (tertiary/aromatic N) is 4. The van der Waals surface area contributed by atoms with E-state index in [1.807, 2.05) is 45.2 Å². The molecule has 0 saturated heterocycles. The Labute approximate surface area is 130 Å². The molecular formula is C16H22N4O2. The molecule has 0 aliphatic carbocycles. The second-order valence-electron chi connectivity index (χ2n) is 5.31. The van der Waals surface area contributed by atoms with Gasteiger partial charge in [-0.3, -0.25) is 4.79 Å². The van der Waals surface area contributed by atoms with Crippen LogP contribution in [0, 0.1) is 12.8 Å².